The lowest BCUT2D eigenvalue weighted by Crippen LogP contribution is -2.48. The molecule has 0 unspecified atom stereocenters. The van der Waals surface area contributed by atoms with E-state index in [1.54, 1.807) is 0 Å². The third-order valence-corrected chi connectivity index (χ3v) is 5.82. The molecule has 6 heteroatoms. The quantitative estimate of drug-likeness (QED) is 0.888. The molecule has 6 nitrogen and oxygen atoms in total. The van der Waals surface area contributed by atoms with Crippen LogP contribution in [0.1, 0.15) is 57.1 Å². The van der Waals surface area contributed by atoms with Gasteiger partial charge in [-0.15, -0.1) is 0 Å². The second-order valence-electron chi connectivity index (χ2n) is 8.07. The average Bonchev–Trinajstić information content (AvgIpc) is 2.87. The average molecular weight is 348 g/mol. The Morgan fingerprint density at radius 1 is 1.20 bits per heavy atom. The van der Waals surface area contributed by atoms with Crippen molar-refractivity contribution in [2.75, 3.05) is 19.6 Å². The molecule has 140 valence electrons. The zero-order chi connectivity index (χ0) is 17.8. The maximum absolute atomic E-state index is 12.5. The summed E-state index contributed by atoms with van der Waals surface area (Å²) in [5, 5.41) is 7.77. The van der Waals surface area contributed by atoms with Gasteiger partial charge in [-0.2, -0.15) is 5.10 Å². The first-order valence-corrected chi connectivity index (χ1v) is 9.91. The van der Waals surface area contributed by atoms with Crippen molar-refractivity contribution in [3.8, 4) is 0 Å². The molecule has 1 saturated heterocycles. The van der Waals surface area contributed by atoms with Gasteiger partial charge in [-0.25, -0.2) is 9.67 Å². The standard InChI is InChI=1S/C19H33N5O/c1-14-7-4-5-9-18(14)21-19(25)13-23-10-6-8-17(11-23)12-24-16(3)20-15(2)22-24/h14,17-18H,4-13H2,1-3H3,(H,21,25)/t14-,17+,18+/m0/s1. The van der Waals surface area contributed by atoms with E-state index in [4.69, 9.17) is 0 Å². The van der Waals surface area contributed by atoms with Gasteiger partial charge in [0.05, 0.1) is 6.54 Å². The van der Waals surface area contributed by atoms with Crippen LogP contribution in [0.5, 0.6) is 0 Å². The number of nitrogens with zero attached hydrogens (tertiary/aromatic N) is 4. The Morgan fingerprint density at radius 3 is 2.72 bits per heavy atom. The second kappa shape index (κ2) is 8.30. The van der Waals surface area contributed by atoms with Crippen LogP contribution in [0, 0.1) is 25.7 Å². The van der Waals surface area contributed by atoms with Crippen LogP contribution in [0.25, 0.3) is 0 Å². The number of piperidine rings is 1. The van der Waals surface area contributed by atoms with Gasteiger partial charge < -0.3 is 5.32 Å². The molecule has 3 atom stereocenters. The third-order valence-electron chi connectivity index (χ3n) is 5.82. The van der Waals surface area contributed by atoms with E-state index < -0.39 is 0 Å². The fourth-order valence-corrected chi connectivity index (χ4v) is 4.41. The van der Waals surface area contributed by atoms with Crippen molar-refractivity contribution >= 4 is 5.91 Å². The summed E-state index contributed by atoms with van der Waals surface area (Å²) in [6.45, 7) is 9.67. The number of carbonyl (C=O) groups excluding carboxylic acids is 1. The summed E-state index contributed by atoms with van der Waals surface area (Å²) in [5.74, 6) is 3.19. The van der Waals surface area contributed by atoms with Gasteiger partial charge in [-0.1, -0.05) is 19.8 Å². The number of carbonyl (C=O) groups is 1. The lowest BCUT2D eigenvalue weighted by molar-refractivity contribution is -0.124. The van der Waals surface area contributed by atoms with Crippen molar-refractivity contribution in [3.63, 3.8) is 0 Å². The maximum atomic E-state index is 12.5. The summed E-state index contributed by atoms with van der Waals surface area (Å²) in [6, 6.07) is 0.377. The molecule has 0 bridgehead atoms. The second-order valence-corrected chi connectivity index (χ2v) is 8.07. The van der Waals surface area contributed by atoms with Crippen LogP contribution in [-0.4, -0.2) is 51.2 Å². The summed E-state index contributed by atoms with van der Waals surface area (Å²) in [6.07, 6.45) is 7.30. The van der Waals surface area contributed by atoms with Gasteiger partial charge in [0.2, 0.25) is 5.91 Å². The first kappa shape index (κ1) is 18.4. The van der Waals surface area contributed by atoms with E-state index in [9.17, 15) is 4.79 Å². The largest absolute Gasteiger partial charge is 0.352 e. The summed E-state index contributed by atoms with van der Waals surface area (Å²) >= 11 is 0. The predicted octanol–water partition coefficient (Wildman–Crippen LogP) is 2.30. The molecule has 0 spiro atoms. The number of aromatic nitrogens is 3. The van der Waals surface area contributed by atoms with Crippen molar-refractivity contribution in [2.24, 2.45) is 11.8 Å². The minimum atomic E-state index is 0.201. The molecule has 0 radical (unpaired) electrons. The SMILES string of the molecule is Cc1nc(C)n(C[C@@H]2CCCN(CC(=O)N[C@@H]3CCCC[C@@H]3C)C2)n1. The fraction of sp³-hybridized carbons (Fsp3) is 0.842. The van der Waals surface area contributed by atoms with Gasteiger partial charge in [0.1, 0.15) is 11.6 Å². The van der Waals surface area contributed by atoms with Gasteiger partial charge in [-0.3, -0.25) is 9.69 Å². The molecule has 1 amide bonds. The monoisotopic (exact) mass is 347 g/mol. The Balaban J connectivity index is 1.47. The van der Waals surface area contributed by atoms with Crippen LogP contribution < -0.4 is 5.32 Å². The number of hydrogen-bond acceptors (Lipinski definition) is 4. The molecule has 2 aliphatic rings. The molecule has 2 fully saturated rings. The molecule has 3 rings (SSSR count). The van der Waals surface area contributed by atoms with E-state index in [2.05, 4.69) is 27.2 Å². The maximum Gasteiger partial charge on any atom is 0.234 e. The van der Waals surface area contributed by atoms with Gasteiger partial charge >= 0.3 is 0 Å². The van der Waals surface area contributed by atoms with E-state index in [0.29, 0.717) is 24.4 Å². The minimum Gasteiger partial charge on any atom is -0.352 e. The lowest BCUT2D eigenvalue weighted by Gasteiger charge is -2.34. The van der Waals surface area contributed by atoms with Crippen molar-refractivity contribution in [2.45, 2.75) is 71.9 Å². The van der Waals surface area contributed by atoms with E-state index in [1.165, 1.54) is 25.7 Å². The Hall–Kier alpha value is -1.43. The van der Waals surface area contributed by atoms with Crippen LogP contribution in [0.2, 0.25) is 0 Å². The number of likely N-dealkylation sites (tertiary alicyclic amines) is 1. The first-order valence-electron chi connectivity index (χ1n) is 9.91. The van der Waals surface area contributed by atoms with Gasteiger partial charge in [-0.05, 0) is 57.9 Å². The highest BCUT2D eigenvalue weighted by Crippen LogP contribution is 2.24. The zero-order valence-electron chi connectivity index (χ0n) is 16.0. The Kier molecular flexibility index (Phi) is 6.10. The van der Waals surface area contributed by atoms with E-state index in [-0.39, 0.29) is 5.91 Å². The van der Waals surface area contributed by atoms with Crippen LogP contribution in [0.3, 0.4) is 0 Å². The Labute approximate surface area is 151 Å². The zero-order valence-corrected chi connectivity index (χ0v) is 16.0. The third kappa shape index (κ3) is 5.03. The Morgan fingerprint density at radius 2 is 2.00 bits per heavy atom. The number of nitrogens with one attached hydrogen (secondary N) is 1. The van der Waals surface area contributed by atoms with Gasteiger partial charge in [0, 0.05) is 19.1 Å². The summed E-state index contributed by atoms with van der Waals surface area (Å²) in [5.41, 5.74) is 0. The summed E-state index contributed by atoms with van der Waals surface area (Å²) in [4.78, 5) is 19.2. The van der Waals surface area contributed by atoms with Crippen LogP contribution in [-0.2, 0) is 11.3 Å². The van der Waals surface area contributed by atoms with E-state index >= 15 is 0 Å². The smallest absolute Gasteiger partial charge is 0.234 e. The molecule has 2 heterocycles. The molecule has 1 saturated carbocycles. The number of hydrogen-bond donors (Lipinski definition) is 1. The van der Waals surface area contributed by atoms with Crippen molar-refractivity contribution in [3.05, 3.63) is 11.6 Å². The molecular weight excluding hydrogens is 314 g/mol. The molecule has 0 aromatic carbocycles. The lowest BCUT2D eigenvalue weighted by atomic mass is 9.86. The molecule has 1 aliphatic carbocycles. The number of amides is 1. The van der Waals surface area contributed by atoms with E-state index in [0.717, 1.165) is 44.1 Å². The number of aryl methyl sites for hydroxylation is 2. The molecule has 1 aromatic heterocycles. The molecule has 1 aliphatic heterocycles. The molecule has 1 N–H and O–H groups in total. The highest BCUT2D eigenvalue weighted by molar-refractivity contribution is 5.78. The summed E-state index contributed by atoms with van der Waals surface area (Å²) < 4.78 is 2.02. The predicted molar refractivity (Wildman–Crippen MR) is 98.2 cm³/mol. The summed E-state index contributed by atoms with van der Waals surface area (Å²) in [7, 11) is 0. The molecular formula is C19H33N5O. The fourth-order valence-electron chi connectivity index (χ4n) is 4.41. The highest BCUT2D eigenvalue weighted by atomic mass is 16.2. The van der Waals surface area contributed by atoms with Crippen LogP contribution in [0.15, 0.2) is 0 Å². The van der Waals surface area contributed by atoms with Crippen molar-refractivity contribution in [1.82, 2.24) is 25.0 Å². The van der Waals surface area contributed by atoms with Crippen LogP contribution >= 0.6 is 0 Å². The highest BCUT2D eigenvalue weighted by Gasteiger charge is 2.26. The Bertz CT molecular complexity index is 584. The van der Waals surface area contributed by atoms with E-state index in [1.807, 2.05) is 18.5 Å². The normalized spacial score (nSPS) is 28.0. The first-order chi connectivity index (χ1) is 12.0. The minimum absolute atomic E-state index is 0.201. The van der Waals surface area contributed by atoms with Gasteiger partial charge in [0.25, 0.3) is 0 Å². The van der Waals surface area contributed by atoms with Crippen molar-refractivity contribution < 1.29 is 4.79 Å². The van der Waals surface area contributed by atoms with Crippen molar-refractivity contribution in [1.29, 1.82) is 0 Å². The van der Waals surface area contributed by atoms with Crippen LogP contribution in [0.4, 0.5) is 0 Å². The topological polar surface area (TPSA) is 63.1 Å². The molecule has 1 aromatic rings. The van der Waals surface area contributed by atoms with Gasteiger partial charge in [0.15, 0.2) is 0 Å². The molecule has 25 heavy (non-hydrogen) atoms. The number of rotatable bonds is 5.